The number of methoxy groups -OCH3 is 2. The van der Waals surface area contributed by atoms with Crippen LogP contribution in [0.25, 0.3) is 33.9 Å². The zero-order valence-electron chi connectivity index (χ0n) is 32.3. The first kappa shape index (κ1) is 37.6. The molecule has 1 unspecified atom stereocenters. The van der Waals surface area contributed by atoms with Crippen molar-refractivity contribution in [1.29, 1.82) is 0 Å². The molecule has 5 aromatic rings. The maximum atomic E-state index is 13.8. The fourth-order valence-corrected chi connectivity index (χ4v) is 8.50. The first-order valence-electron chi connectivity index (χ1n) is 19.3. The predicted molar refractivity (Wildman–Crippen MR) is 208 cm³/mol. The lowest BCUT2D eigenvalue weighted by atomic mass is 9.79. The van der Waals surface area contributed by atoms with Crippen LogP contribution >= 0.6 is 0 Å². The highest BCUT2D eigenvalue weighted by Crippen LogP contribution is 2.40. The monoisotopic (exact) mass is 774 g/mol. The van der Waals surface area contributed by atoms with E-state index in [1.165, 1.54) is 14.2 Å². The third-order valence-electron chi connectivity index (χ3n) is 11.5. The predicted octanol–water partition coefficient (Wildman–Crippen LogP) is 5.28. The van der Waals surface area contributed by atoms with E-state index in [4.69, 9.17) is 14.5 Å². The van der Waals surface area contributed by atoms with E-state index in [0.29, 0.717) is 37.0 Å². The number of alkyl carbamates (subject to hydrolysis) is 2. The molecule has 4 aromatic heterocycles. The number of carbonyl (C=O) groups is 4. The van der Waals surface area contributed by atoms with Gasteiger partial charge in [-0.3, -0.25) is 9.59 Å². The first-order chi connectivity index (χ1) is 27.6. The van der Waals surface area contributed by atoms with Crippen LogP contribution in [0.5, 0.6) is 0 Å². The summed E-state index contributed by atoms with van der Waals surface area (Å²) >= 11 is 0. The molecule has 0 bridgehead atoms. The Kier molecular flexibility index (Phi) is 10.3. The standard InChI is InChI=1S/C41H46N10O6/c1-22(2)34(49-41(55)57-4)39(53)51-14-5-6-31(51)38-45-19-29(47-38)23-7-9-25(10-8-23)36-42-17-27(18-43-36)30-20-44-37(46-30)26-16-32(52)33-28(48-40(54)56-3)12-11-24-13-15-50(21-26)35(24)33/h7-10,13,15,17-20,22,26,28,31,33-34H,5-6,11-12,14,16,21H2,1-4H3,(H,44,46)(H,45,47)(H,48,54)(H,49,55)/t26-,28-,31-,33?,34-/m0/s1. The zero-order chi connectivity index (χ0) is 39.8. The van der Waals surface area contributed by atoms with E-state index in [1.54, 1.807) is 29.7 Å². The number of benzene rings is 1. The maximum absolute atomic E-state index is 13.8. The Morgan fingerprint density at radius 3 is 2.25 bits per heavy atom. The molecule has 5 atom stereocenters. The molecule has 1 aliphatic carbocycles. The number of hydrogen-bond donors (Lipinski definition) is 4. The van der Waals surface area contributed by atoms with Crippen molar-refractivity contribution in [2.24, 2.45) is 5.92 Å². The molecule has 1 aromatic carbocycles. The second kappa shape index (κ2) is 15.7. The van der Waals surface area contributed by atoms with Crippen molar-refractivity contribution in [3.05, 3.63) is 84.2 Å². The normalized spacial score (nSPS) is 20.8. The number of rotatable bonds is 9. The van der Waals surface area contributed by atoms with Crippen molar-refractivity contribution >= 4 is 23.9 Å². The van der Waals surface area contributed by atoms with Crippen LogP contribution in [0.3, 0.4) is 0 Å². The van der Waals surface area contributed by atoms with Crippen LogP contribution < -0.4 is 10.6 Å². The third-order valence-corrected chi connectivity index (χ3v) is 11.5. The molecule has 8 rings (SSSR count). The smallest absolute Gasteiger partial charge is 0.407 e. The van der Waals surface area contributed by atoms with Gasteiger partial charge in [0.15, 0.2) is 5.82 Å². The summed E-state index contributed by atoms with van der Waals surface area (Å²) in [6, 6.07) is 8.69. The maximum Gasteiger partial charge on any atom is 0.407 e. The van der Waals surface area contributed by atoms with Gasteiger partial charge in [-0.25, -0.2) is 29.5 Å². The van der Waals surface area contributed by atoms with E-state index in [9.17, 15) is 19.2 Å². The lowest BCUT2D eigenvalue weighted by molar-refractivity contribution is -0.135. The fraction of sp³-hybridized carbons (Fsp3) is 0.415. The molecule has 57 heavy (non-hydrogen) atoms. The largest absolute Gasteiger partial charge is 0.453 e. The second-order valence-corrected chi connectivity index (χ2v) is 15.3. The number of nitrogens with one attached hydrogen (secondary N) is 4. The number of nitrogens with zero attached hydrogens (tertiary/aromatic N) is 6. The number of H-pyrrole nitrogens is 2. The zero-order valence-corrected chi connectivity index (χ0v) is 32.3. The molecule has 4 N–H and O–H groups in total. The van der Waals surface area contributed by atoms with Gasteiger partial charge in [-0.2, -0.15) is 0 Å². The number of aromatic nitrogens is 7. The molecule has 3 amide bonds. The van der Waals surface area contributed by atoms with Crippen molar-refractivity contribution in [3.8, 4) is 33.9 Å². The number of carbonyl (C=O) groups excluding carboxylic acids is 4. The number of aromatic amines is 2. The fourth-order valence-electron chi connectivity index (χ4n) is 8.50. The molecule has 1 saturated heterocycles. The van der Waals surface area contributed by atoms with Gasteiger partial charge in [0, 0.05) is 66.9 Å². The number of ether oxygens (including phenoxy) is 2. The number of likely N-dealkylation sites (tertiary alicyclic amines) is 1. The van der Waals surface area contributed by atoms with E-state index in [-0.39, 0.29) is 42.0 Å². The molecule has 3 aliphatic rings. The minimum atomic E-state index is -0.699. The van der Waals surface area contributed by atoms with Crippen LogP contribution in [-0.2, 0) is 32.0 Å². The van der Waals surface area contributed by atoms with Crippen LogP contribution in [0.15, 0.2) is 61.3 Å². The lowest BCUT2D eigenvalue weighted by Gasteiger charge is -2.31. The highest BCUT2D eigenvalue weighted by molar-refractivity contribution is 5.89. The molecule has 1 fully saturated rings. The molecule has 0 spiro atoms. The van der Waals surface area contributed by atoms with E-state index in [1.807, 2.05) is 44.3 Å². The number of ketones is 1. The van der Waals surface area contributed by atoms with Gasteiger partial charge in [0.1, 0.15) is 23.5 Å². The quantitative estimate of drug-likeness (QED) is 0.153. The summed E-state index contributed by atoms with van der Waals surface area (Å²) in [6.07, 6.45) is 11.2. The summed E-state index contributed by atoms with van der Waals surface area (Å²) in [5, 5.41) is 5.58. The van der Waals surface area contributed by atoms with Gasteiger partial charge >= 0.3 is 12.2 Å². The Labute approximate surface area is 329 Å². The van der Waals surface area contributed by atoms with Gasteiger partial charge in [-0.1, -0.05) is 38.1 Å². The van der Waals surface area contributed by atoms with Crippen LogP contribution in [0.1, 0.15) is 80.3 Å². The summed E-state index contributed by atoms with van der Waals surface area (Å²) in [5.41, 5.74) is 6.22. The minimum Gasteiger partial charge on any atom is -0.453 e. The molecular formula is C41H46N10O6. The average molecular weight is 775 g/mol. The van der Waals surface area contributed by atoms with E-state index in [2.05, 4.69) is 46.2 Å². The molecular weight excluding hydrogens is 729 g/mol. The number of imidazole rings is 2. The molecule has 296 valence electrons. The van der Waals surface area contributed by atoms with Crippen LogP contribution in [0, 0.1) is 5.92 Å². The van der Waals surface area contributed by atoms with Crippen LogP contribution in [0.4, 0.5) is 9.59 Å². The van der Waals surface area contributed by atoms with Gasteiger partial charge in [-0.05, 0) is 48.8 Å². The first-order valence-corrected chi connectivity index (χ1v) is 19.3. The van der Waals surface area contributed by atoms with Crippen molar-refractivity contribution in [2.75, 3.05) is 20.8 Å². The van der Waals surface area contributed by atoms with Crippen molar-refractivity contribution < 1.29 is 28.7 Å². The Balaban J connectivity index is 0.930. The summed E-state index contributed by atoms with van der Waals surface area (Å²) in [7, 11) is 2.61. The van der Waals surface area contributed by atoms with E-state index >= 15 is 0 Å². The van der Waals surface area contributed by atoms with Gasteiger partial charge in [0.05, 0.1) is 50.0 Å². The highest BCUT2D eigenvalue weighted by atomic mass is 16.5. The third kappa shape index (κ3) is 7.38. The van der Waals surface area contributed by atoms with Gasteiger partial charge < -0.3 is 39.5 Å². The van der Waals surface area contributed by atoms with Gasteiger partial charge in [0.25, 0.3) is 0 Å². The van der Waals surface area contributed by atoms with Crippen LogP contribution in [-0.4, -0.2) is 96.1 Å². The molecule has 0 radical (unpaired) electrons. The van der Waals surface area contributed by atoms with Crippen molar-refractivity contribution in [3.63, 3.8) is 0 Å². The molecule has 2 aliphatic heterocycles. The van der Waals surface area contributed by atoms with E-state index < -0.39 is 24.1 Å². The second-order valence-electron chi connectivity index (χ2n) is 15.3. The number of hydrogen-bond acceptors (Lipinski definition) is 10. The number of aryl methyl sites for hydroxylation is 1. The lowest BCUT2D eigenvalue weighted by Crippen LogP contribution is -2.51. The van der Waals surface area contributed by atoms with Gasteiger partial charge in [-0.15, -0.1) is 0 Å². The van der Waals surface area contributed by atoms with Crippen LogP contribution in [0.2, 0.25) is 0 Å². The Morgan fingerprint density at radius 1 is 0.842 bits per heavy atom. The highest BCUT2D eigenvalue weighted by Gasteiger charge is 2.42. The topological polar surface area (TPSA) is 202 Å². The van der Waals surface area contributed by atoms with Crippen molar-refractivity contribution in [1.82, 2.24) is 50.0 Å². The van der Waals surface area contributed by atoms with Gasteiger partial charge in [0.2, 0.25) is 5.91 Å². The molecule has 6 heterocycles. The molecule has 0 saturated carbocycles. The Morgan fingerprint density at radius 2 is 1.53 bits per heavy atom. The summed E-state index contributed by atoms with van der Waals surface area (Å²) < 4.78 is 11.7. The average Bonchev–Trinajstić information content (AvgIpc) is 4.06. The Bertz CT molecular complexity index is 2280. The van der Waals surface area contributed by atoms with E-state index in [0.717, 1.165) is 58.6 Å². The summed E-state index contributed by atoms with van der Waals surface area (Å²) in [4.78, 5) is 78.6. The number of amides is 3. The molecule has 16 heteroatoms. The Hall–Kier alpha value is -6.32. The minimum absolute atomic E-state index is 0.0722. The molecule has 16 nitrogen and oxygen atoms in total. The summed E-state index contributed by atoms with van der Waals surface area (Å²) in [5.74, 6) is 1.17. The number of Topliss-reactive ketones (excluding diaryl/α,β-unsaturated/α-hetero) is 1. The van der Waals surface area contributed by atoms with Crippen molar-refractivity contribution in [2.45, 2.75) is 82.5 Å². The summed E-state index contributed by atoms with van der Waals surface area (Å²) in [6.45, 7) is 4.96. The SMILES string of the molecule is COC(=O)N[C@H]1CCc2ccn3c2C1C(=O)C[C@H](c1ncc(-c2cnc(-c4ccc(-c5cnc([C@@H]6CCCN6C(=O)[C@@H](NC(=O)OC)C(C)C)[nH]5)cc4)nc2)[nH]1)C3.